The van der Waals surface area contributed by atoms with Crippen LogP contribution in [0.15, 0.2) is 41.5 Å². The third-order valence-electron chi connectivity index (χ3n) is 2.51. The Morgan fingerprint density at radius 1 is 1.21 bits per heavy atom. The van der Waals surface area contributed by atoms with Gasteiger partial charge in [0.05, 0.1) is 12.1 Å². The molecule has 100 valence electrons. The SMILES string of the molecule is O=c1c(Cl)nccn1Cc1ccc(C(F)(F)F)cc1. The van der Waals surface area contributed by atoms with E-state index in [4.69, 9.17) is 11.6 Å². The lowest BCUT2D eigenvalue weighted by Gasteiger charge is -2.09. The number of aromatic nitrogens is 2. The Balaban J connectivity index is 2.25. The molecule has 19 heavy (non-hydrogen) atoms. The Bertz CT molecular complexity index is 635. The van der Waals surface area contributed by atoms with E-state index in [9.17, 15) is 18.0 Å². The van der Waals surface area contributed by atoms with Gasteiger partial charge in [-0.25, -0.2) is 4.98 Å². The lowest BCUT2D eigenvalue weighted by molar-refractivity contribution is -0.137. The van der Waals surface area contributed by atoms with Gasteiger partial charge in [0, 0.05) is 12.4 Å². The van der Waals surface area contributed by atoms with Crippen LogP contribution in [0.3, 0.4) is 0 Å². The van der Waals surface area contributed by atoms with Crippen LogP contribution in [-0.2, 0) is 12.7 Å². The van der Waals surface area contributed by atoms with E-state index in [2.05, 4.69) is 4.98 Å². The minimum Gasteiger partial charge on any atom is -0.307 e. The monoisotopic (exact) mass is 288 g/mol. The summed E-state index contributed by atoms with van der Waals surface area (Å²) in [6.07, 6.45) is -1.59. The fourth-order valence-electron chi connectivity index (χ4n) is 1.54. The Hall–Kier alpha value is -1.82. The molecule has 0 aliphatic heterocycles. The van der Waals surface area contributed by atoms with E-state index in [0.29, 0.717) is 5.56 Å². The van der Waals surface area contributed by atoms with Gasteiger partial charge < -0.3 is 4.57 Å². The van der Waals surface area contributed by atoms with Gasteiger partial charge in [0.15, 0.2) is 5.15 Å². The van der Waals surface area contributed by atoms with Crippen molar-refractivity contribution in [1.82, 2.24) is 9.55 Å². The van der Waals surface area contributed by atoms with E-state index in [1.54, 1.807) is 0 Å². The predicted molar refractivity (Wildman–Crippen MR) is 64.1 cm³/mol. The second-order valence-corrected chi connectivity index (χ2v) is 4.20. The summed E-state index contributed by atoms with van der Waals surface area (Å²) in [7, 11) is 0. The molecule has 7 heteroatoms. The molecule has 2 aromatic rings. The van der Waals surface area contributed by atoms with Crippen molar-refractivity contribution in [2.75, 3.05) is 0 Å². The standard InChI is InChI=1S/C12H8ClF3N2O/c13-10-11(19)18(6-5-17-10)7-8-1-3-9(4-2-8)12(14,15)16/h1-6H,7H2. The minimum absolute atomic E-state index is 0.138. The van der Waals surface area contributed by atoms with E-state index in [0.717, 1.165) is 12.1 Å². The highest BCUT2D eigenvalue weighted by Gasteiger charge is 2.29. The zero-order chi connectivity index (χ0) is 14.0. The highest BCUT2D eigenvalue weighted by molar-refractivity contribution is 6.29. The second-order valence-electron chi connectivity index (χ2n) is 3.85. The molecule has 0 atom stereocenters. The summed E-state index contributed by atoms with van der Waals surface area (Å²) >= 11 is 5.57. The quantitative estimate of drug-likeness (QED) is 0.851. The molecular weight excluding hydrogens is 281 g/mol. The van der Waals surface area contributed by atoms with Gasteiger partial charge in [-0.2, -0.15) is 13.2 Å². The molecule has 0 fully saturated rings. The molecule has 0 radical (unpaired) electrons. The zero-order valence-corrected chi connectivity index (χ0v) is 10.2. The first-order valence-corrected chi connectivity index (χ1v) is 5.63. The van der Waals surface area contributed by atoms with Crippen LogP contribution in [-0.4, -0.2) is 9.55 Å². The van der Waals surface area contributed by atoms with E-state index < -0.39 is 17.3 Å². The van der Waals surface area contributed by atoms with E-state index in [-0.39, 0.29) is 11.7 Å². The Kier molecular flexibility index (Phi) is 3.61. The molecule has 2 rings (SSSR count). The summed E-state index contributed by atoms with van der Waals surface area (Å²) in [5.41, 5.74) is -0.641. The molecule has 1 aromatic heterocycles. The molecular formula is C12H8ClF3N2O. The molecule has 0 N–H and O–H groups in total. The Morgan fingerprint density at radius 2 is 1.84 bits per heavy atom. The average molecular weight is 289 g/mol. The van der Waals surface area contributed by atoms with E-state index in [1.807, 2.05) is 0 Å². The molecule has 0 bridgehead atoms. The van der Waals surface area contributed by atoms with Gasteiger partial charge in [-0.1, -0.05) is 23.7 Å². The third kappa shape index (κ3) is 3.14. The first-order valence-electron chi connectivity index (χ1n) is 5.25. The predicted octanol–water partition coefficient (Wildman–Crippen LogP) is 2.96. The van der Waals surface area contributed by atoms with E-state index in [1.165, 1.54) is 29.1 Å². The molecule has 0 saturated heterocycles. The highest BCUT2D eigenvalue weighted by Crippen LogP contribution is 2.29. The van der Waals surface area contributed by atoms with Gasteiger partial charge >= 0.3 is 6.18 Å². The van der Waals surface area contributed by atoms with Crippen molar-refractivity contribution in [3.63, 3.8) is 0 Å². The van der Waals surface area contributed by atoms with Gasteiger partial charge in [-0.3, -0.25) is 4.79 Å². The van der Waals surface area contributed by atoms with Crippen LogP contribution >= 0.6 is 11.6 Å². The number of alkyl halides is 3. The molecule has 1 heterocycles. The summed E-state index contributed by atoms with van der Waals surface area (Å²) in [6.45, 7) is 0.138. The fraction of sp³-hybridized carbons (Fsp3) is 0.167. The number of hydrogen-bond donors (Lipinski definition) is 0. The molecule has 0 aliphatic carbocycles. The molecule has 0 unspecified atom stereocenters. The second kappa shape index (κ2) is 5.05. The average Bonchev–Trinajstić information content (AvgIpc) is 2.35. The molecule has 0 aliphatic rings. The van der Waals surface area contributed by atoms with Crippen molar-refractivity contribution >= 4 is 11.6 Å². The highest BCUT2D eigenvalue weighted by atomic mass is 35.5. The van der Waals surface area contributed by atoms with Crippen LogP contribution in [0.4, 0.5) is 13.2 Å². The van der Waals surface area contributed by atoms with Crippen molar-refractivity contribution in [3.05, 3.63) is 63.3 Å². The Labute approximate surface area is 111 Å². The largest absolute Gasteiger partial charge is 0.416 e. The Morgan fingerprint density at radius 3 is 2.42 bits per heavy atom. The number of rotatable bonds is 2. The molecule has 0 amide bonds. The van der Waals surface area contributed by atoms with Crippen LogP contribution in [0, 0.1) is 0 Å². The van der Waals surface area contributed by atoms with Crippen molar-refractivity contribution in [2.45, 2.75) is 12.7 Å². The molecule has 3 nitrogen and oxygen atoms in total. The van der Waals surface area contributed by atoms with E-state index >= 15 is 0 Å². The smallest absolute Gasteiger partial charge is 0.307 e. The van der Waals surface area contributed by atoms with Crippen LogP contribution < -0.4 is 5.56 Å². The van der Waals surface area contributed by atoms with Crippen LogP contribution in [0.1, 0.15) is 11.1 Å². The van der Waals surface area contributed by atoms with Gasteiger partial charge in [-0.15, -0.1) is 0 Å². The van der Waals surface area contributed by atoms with Gasteiger partial charge in [-0.05, 0) is 17.7 Å². The maximum atomic E-state index is 12.4. The zero-order valence-electron chi connectivity index (χ0n) is 9.49. The van der Waals surface area contributed by atoms with Crippen LogP contribution in [0.25, 0.3) is 0 Å². The summed E-state index contributed by atoms with van der Waals surface area (Å²) in [6, 6.07) is 4.60. The maximum Gasteiger partial charge on any atom is 0.416 e. The van der Waals surface area contributed by atoms with Gasteiger partial charge in [0.1, 0.15) is 0 Å². The van der Waals surface area contributed by atoms with Crippen molar-refractivity contribution in [1.29, 1.82) is 0 Å². The van der Waals surface area contributed by atoms with Crippen molar-refractivity contribution in [3.8, 4) is 0 Å². The fourth-order valence-corrected chi connectivity index (χ4v) is 1.71. The van der Waals surface area contributed by atoms with Crippen LogP contribution in [0.5, 0.6) is 0 Å². The maximum absolute atomic E-state index is 12.4. The molecule has 0 spiro atoms. The summed E-state index contributed by atoms with van der Waals surface area (Å²) in [5, 5.41) is -0.172. The van der Waals surface area contributed by atoms with Crippen molar-refractivity contribution in [2.24, 2.45) is 0 Å². The van der Waals surface area contributed by atoms with Gasteiger partial charge in [0.2, 0.25) is 0 Å². The van der Waals surface area contributed by atoms with Crippen molar-refractivity contribution < 1.29 is 13.2 Å². The topological polar surface area (TPSA) is 34.9 Å². The third-order valence-corrected chi connectivity index (χ3v) is 2.77. The lowest BCUT2D eigenvalue weighted by atomic mass is 10.1. The first kappa shape index (κ1) is 13.6. The normalized spacial score (nSPS) is 11.6. The summed E-state index contributed by atoms with van der Waals surface area (Å²) in [4.78, 5) is 15.2. The minimum atomic E-state index is -4.37. The number of hydrogen-bond acceptors (Lipinski definition) is 2. The number of nitrogens with zero attached hydrogens (tertiary/aromatic N) is 2. The summed E-state index contributed by atoms with van der Waals surface area (Å²) < 4.78 is 38.4. The first-order chi connectivity index (χ1) is 8.88. The molecule has 1 aromatic carbocycles. The molecule has 0 saturated carbocycles. The number of halogens is 4. The van der Waals surface area contributed by atoms with Crippen LogP contribution in [0.2, 0.25) is 5.15 Å². The number of benzene rings is 1. The lowest BCUT2D eigenvalue weighted by Crippen LogP contribution is -2.21. The summed E-state index contributed by atoms with van der Waals surface area (Å²) in [5.74, 6) is 0. The van der Waals surface area contributed by atoms with Gasteiger partial charge in [0.25, 0.3) is 5.56 Å².